The van der Waals surface area contributed by atoms with Gasteiger partial charge in [-0.15, -0.1) is 0 Å². The minimum absolute atomic E-state index is 0.0177. The van der Waals surface area contributed by atoms with E-state index in [9.17, 15) is 4.79 Å². The number of fused-ring (bicyclic) bond motifs is 2. The van der Waals surface area contributed by atoms with Gasteiger partial charge in [-0.1, -0.05) is 42.5 Å². The van der Waals surface area contributed by atoms with Gasteiger partial charge in [0.25, 0.3) is 5.56 Å². The van der Waals surface area contributed by atoms with Crippen LogP contribution in [0.25, 0.3) is 27.9 Å². The molecule has 0 N–H and O–H groups in total. The zero-order valence-corrected chi connectivity index (χ0v) is 12.4. The van der Waals surface area contributed by atoms with Crippen LogP contribution in [0.2, 0.25) is 0 Å². The molecule has 4 nitrogen and oxygen atoms in total. The number of imidazole rings is 1. The van der Waals surface area contributed by atoms with E-state index in [4.69, 9.17) is 4.98 Å². The summed E-state index contributed by atoms with van der Waals surface area (Å²) in [6, 6.07) is 17.6. The highest BCUT2D eigenvalue weighted by Gasteiger charge is 2.16. The number of benzene rings is 2. The lowest BCUT2D eigenvalue weighted by atomic mass is 10.1. The van der Waals surface area contributed by atoms with Crippen LogP contribution in [0.15, 0.2) is 59.4 Å². The molecule has 4 rings (SSSR count). The van der Waals surface area contributed by atoms with Crippen molar-refractivity contribution in [2.45, 2.75) is 6.92 Å². The highest BCUT2D eigenvalue weighted by Crippen LogP contribution is 2.23. The summed E-state index contributed by atoms with van der Waals surface area (Å²) in [7, 11) is 1.94. The minimum atomic E-state index is -0.0177. The Hall–Kier alpha value is -2.88. The van der Waals surface area contributed by atoms with Crippen LogP contribution < -0.4 is 5.56 Å². The molecule has 0 fully saturated rings. The summed E-state index contributed by atoms with van der Waals surface area (Å²) in [5.74, 6) is 0.667. The van der Waals surface area contributed by atoms with Crippen LogP contribution in [0.4, 0.5) is 0 Å². The van der Waals surface area contributed by atoms with Crippen molar-refractivity contribution >= 4 is 16.7 Å². The summed E-state index contributed by atoms with van der Waals surface area (Å²) in [4.78, 5) is 17.5. The summed E-state index contributed by atoms with van der Waals surface area (Å²) in [5.41, 5.74) is 3.61. The van der Waals surface area contributed by atoms with Crippen LogP contribution in [0.5, 0.6) is 0 Å². The van der Waals surface area contributed by atoms with Crippen molar-refractivity contribution in [1.29, 1.82) is 0 Å². The van der Waals surface area contributed by atoms with E-state index in [0.29, 0.717) is 11.2 Å². The van der Waals surface area contributed by atoms with E-state index >= 15 is 0 Å². The van der Waals surface area contributed by atoms with Crippen molar-refractivity contribution in [2.75, 3.05) is 0 Å². The van der Waals surface area contributed by atoms with Gasteiger partial charge in [0.15, 0.2) is 0 Å². The molecule has 0 unspecified atom stereocenters. The predicted molar refractivity (Wildman–Crippen MR) is 88.1 cm³/mol. The van der Waals surface area contributed by atoms with Gasteiger partial charge in [-0.3, -0.25) is 4.79 Å². The molecule has 0 amide bonds. The number of para-hydroxylation sites is 1. The average molecular weight is 289 g/mol. The fraction of sp³-hybridized carbons (Fsp3) is 0.111. The maximum atomic E-state index is 12.8. The largest absolute Gasteiger partial charge is 0.314 e. The highest BCUT2D eigenvalue weighted by atomic mass is 16.1. The lowest BCUT2D eigenvalue weighted by Gasteiger charge is -2.07. The van der Waals surface area contributed by atoms with Crippen molar-refractivity contribution in [1.82, 2.24) is 14.0 Å². The van der Waals surface area contributed by atoms with Gasteiger partial charge in [-0.05, 0) is 19.1 Å². The van der Waals surface area contributed by atoms with E-state index in [1.165, 1.54) is 0 Å². The van der Waals surface area contributed by atoms with Crippen molar-refractivity contribution < 1.29 is 0 Å². The van der Waals surface area contributed by atoms with E-state index in [0.717, 1.165) is 22.5 Å². The van der Waals surface area contributed by atoms with Crippen LogP contribution in [0, 0.1) is 6.92 Å². The highest BCUT2D eigenvalue weighted by molar-refractivity contribution is 5.81. The normalized spacial score (nSPS) is 11.4. The Morgan fingerprint density at radius 3 is 2.41 bits per heavy atom. The second-order valence-electron chi connectivity index (χ2n) is 5.43. The zero-order valence-electron chi connectivity index (χ0n) is 12.4. The summed E-state index contributed by atoms with van der Waals surface area (Å²) < 4.78 is 3.67. The lowest BCUT2D eigenvalue weighted by molar-refractivity contribution is 0.902. The van der Waals surface area contributed by atoms with Gasteiger partial charge in [-0.25, -0.2) is 9.38 Å². The summed E-state index contributed by atoms with van der Waals surface area (Å²) in [6.45, 7) is 1.94. The fourth-order valence-corrected chi connectivity index (χ4v) is 3.00. The molecule has 22 heavy (non-hydrogen) atoms. The first-order valence-corrected chi connectivity index (χ1v) is 7.20. The van der Waals surface area contributed by atoms with Gasteiger partial charge in [0.1, 0.15) is 0 Å². The zero-order chi connectivity index (χ0) is 15.3. The molecule has 2 aromatic heterocycles. The molecule has 108 valence electrons. The van der Waals surface area contributed by atoms with Crippen molar-refractivity contribution in [3.05, 3.63) is 70.6 Å². The van der Waals surface area contributed by atoms with Gasteiger partial charge in [0.2, 0.25) is 5.78 Å². The Kier molecular flexibility index (Phi) is 2.66. The van der Waals surface area contributed by atoms with E-state index in [-0.39, 0.29) is 5.56 Å². The maximum absolute atomic E-state index is 12.8. The lowest BCUT2D eigenvalue weighted by Crippen LogP contribution is -2.18. The minimum Gasteiger partial charge on any atom is -0.314 e. The van der Waals surface area contributed by atoms with Crippen LogP contribution in [-0.2, 0) is 7.05 Å². The van der Waals surface area contributed by atoms with Crippen LogP contribution in [0.1, 0.15) is 5.69 Å². The Morgan fingerprint density at radius 2 is 1.64 bits per heavy atom. The standard InChI is InChI=1S/C18H15N3O/c1-12-16(13-8-4-3-5-9-13)19-18-20(2)15-11-7-6-10-14(15)17(22)21(12)18/h3-11H,1-2H3. The Bertz CT molecular complexity index is 1060. The molecule has 0 bridgehead atoms. The van der Waals surface area contributed by atoms with Crippen LogP contribution in [0.3, 0.4) is 0 Å². The van der Waals surface area contributed by atoms with Gasteiger partial charge >= 0.3 is 0 Å². The Morgan fingerprint density at radius 1 is 0.955 bits per heavy atom. The third kappa shape index (κ3) is 1.64. The number of hydrogen-bond donors (Lipinski definition) is 0. The third-order valence-corrected chi connectivity index (χ3v) is 4.14. The molecular weight excluding hydrogens is 274 g/mol. The van der Waals surface area contributed by atoms with E-state index in [1.54, 1.807) is 4.40 Å². The van der Waals surface area contributed by atoms with Crippen LogP contribution >= 0.6 is 0 Å². The number of rotatable bonds is 1. The molecule has 0 saturated heterocycles. The number of aryl methyl sites for hydroxylation is 2. The van der Waals surface area contributed by atoms with E-state index in [2.05, 4.69) is 0 Å². The molecule has 0 aliphatic heterocycles. The Balaban J connectivity index is 2.19. The summed E-state index contributed by atoms with van der Waals surface area (Å²) in [5, 5.41) is 0.706. The molecule has 0 aliphatic carbocycles. The molecule has 4 aromatic rings. The topological polar surface area (TPSA) is 39.3 Å². The number of aromatic nitrogens is 3. The molecule has 0 saturated carbocycles. The predicted octanol–water partition coefficient (Wildman–Crippen LogP) is 3.16. The molecule has 2 heterocycles. The van der Waals surface area contributed by atoms with Gasteiger partial charge in [-0.2, -0.15) is 0 Å². The SMILES string of the molecule is Cc1c(-c2ccccc2)nc2n(C)c3ccccc3c(=O)n12. The fourth-order valence-electron chi connectivity index (χ4n) is 3.00. The van der Waals surface area contributed by atoms with Crippen LogP contribution in [-0.4, -0.2) is 14.0 Å². The van der Waals surface area contributed by atoms with Crippen molar-refractivity contribution in [3.8, 4) is 11.3 Å². The first-order chi connectivity index (χ1) is 10.7. The van der Waals surface area contributed by atoms with Crippen molar-refractivity contribution in [2.24, 2.45) is 7.05 Å². The first kappa shape index (κ1) is 12.8. The quantitative estimate of drug-likeness (QED) is 0.540. The van der Waals surface area contributed by atoms with Gasteiger partial charge in [0.05, 0.1) is 22.3 Å². The second-order valence-corrected chi connectivity index (χ2v) is 5.43. The molecule has 0 radical (unpaired) electrons. The molecule has 4 heteroatoms. The maximum Gasteiger partial charge on any atom is 0.267 e. The number of nitrogens with zero attached hydrogens (tertiary/aromatic N) is 3. The van der Waals surface area contributed by atoms with Gasteiger partial charge < -0.3 is 4.57 Å². The molecule has 0 atom stereocenters. The van der Waals surface area contributed by atoms with Gasteiger partial charge in [0, 0.05) is 12.6 Å². The molecule has 0 spiro atoms. The first-order valence-electron chi connectivity index (χ1n) is 7.20. The Labute approximate surface area is 127 Å². The van der Waals surface area contributed by atoms with E-state index < -0.39 is 0 Å². The average Bonchev–Trinajstić information content (AvgIpc) is 2.91. The summed E-state index contributed by atoms with van der Waals surface area (Å²) in [6.07, 6.45) is 0. The molecule has 0 aliphatic rings. The smallest absolute Gasteiger partial charge is 0.267 e. The third-order valence-electron chi connectivity index (χ3n) is 4.14. The molecular formula is C18H15N3O. The van der Waals surface area contributed by atoms with E-state index in [1.807, 2.05) is 73.1 Å². The monoisotopic (exact) mass is 289 g/mol. The van der Waals surface area contributed by atoms with Crippen molar-refractivity contribution in [3.63, 3.8) is 0 Å². The number of hydrogen-bond acceptors (Lipinski definition) is 2. The second kappa shape index (κ2) is 4.56. The molecule has 2 aromatic carbocycles. The summed E-state index contributed by atoms with van der Waals surface area (Å²) >= 11 is 0.